The van der Waals surface area contributed by atoms with Crippen LogP contribution in [0.2, 0.25) is 0 Å². The molecule has 50 valence electrons. The molecule has 0 spiro atoms. The van der Waals surface area contributed by atoms with E-state index in [4.69, 9.17) is 10.4 Å². The quantitative estimate of drug-likeness (QED) is 0.409. The average molecular weight is 131 g/mol. The summed E-state index contributed by atoms with van der Waals surface area (Å²) in [4.78, 5) is 18.9. The summed E-state index contributed by atoms with van der Waals surface area (Å²) in [6, 6.07) is -1.06. The van der Waals surface area contributed by atoms with Crippen LogP contribution in [0.5, 0.6) is 0 Å². The van der Waals surface area contributed by atoms with Gasteiger partial charge in [-0.1, -0.05) is 0 Å². The van der Waals surface area contributed by atoms with Gasteiger partial charge in [0, 0.05) is 6.57 Å². The van der Waals surface area contributed by atoms with E-state index in [1.807, 2.05) is 0 Å². The van der Waals surface area contributed by atoms with Gasteiger partial charge in [-0.05, 0) is 0 Å². The highest BCUT2D eigenvalue weighted by Crippen LogP contribution is 1.55. The van der Waals surface area contributed by atoms with E-state index in [9.17, 15) is 9.59 Å². The maximum Gasteiger partial charge on any atom is 0.412 e. The molecule has 0 bridgehead atoms. The van der Waals surface area contributed by atoms with Gasteiger partial charge in [-0.3, -0.25) is 0 Å². The molecule has 0 unspecified atom stereocenters. The number of carbonyl (C=O) groups is 2. The Morgan fingerprint density at radius 1 is 1.56 bits per heavy atom. The normalized spacial score (nSPS) is 6.00. The summed E-state index contributed by atoms with van der Waals surface area (Å²) in [5.41, 5.74) is 4.36. The molecule has 4 N–H and O–H groups in total. The minimum Gasteiger partial charge on any atom is -0.465 e. The first kappa shape index (κ1) is 10.3. The Balaban J connectivity index is 0. The summed E-state index contributed by atoms with van der Waals surface area (Å²) in [5, 5.41) is 15.5. The highest BCUT2D eigenvalue weighted by Gasteiger charge is 1.94. The highest BCUT2D eigenvalue weighted by atomic mass is 16.4. The zero-order valence-corrected chi connectivity index (χ0v) is 4.37. The zero-order chi connectivity index (χ0) is 7.86. The summed E-state index contributed by atoms with van der Waals surface area (Å²) in [6.07, 6.45) is -1.44. The minimum absolute atomic E-state index is 1.06. The second-order valence-corrected chi connectivity index (χ2v) is 0.794. The number of primary amides is 1. The van der Waals surface area contributed by atoms with Gasteiger partial charge >= 0.3 is 12.1 Å². The number of hydrogen-bond donors (Lipinski definition) is 3. The van der Waals surface area contributed by atoms with Gasteiger partial charge < -0.3 is 10.8 Å². The fourth-order valence-corrected chi connectivity index (χ4v) is 0.105. The fraction of sp³-hybridized carbons (Fsp3) is 0. The molecule has 0 atom stereocenters. The second-order valence-electron chi connectivity index (χ2n) is 0.794. The molecule has 6 heteroatoms. The van der Waals surface area contributed by atoms with Gasteiger partial charge in [-0.25, -0.2) is 20.2 Å². The molecule has 0 aliphatic carbocycles. The van der Waals surface area contributed by atoms with E-state index >= 15 is 0 Å². The summed E-state index contributed by atoms with van der Waals surface area (Å²) in [6.45, 7) is 3.50. The number of rotatable bonds is 0. The van der Waals surface area contributed by atoms with Crippen LogP contribution in [-0.4, -0.2) is 17.2 Å². The van der Waals surface area contributed by atoms with Crippen LogP contribution in [0.3, 0.4) is 0 Å². The third-order valence-electron chi connectivity index (χ3n) is 0.230. The number of hydrogen-bond acceptors (Lipinski definition) is 3. The van der Waals surface area contributed by atoms with E-state index in [2.05, 4.69) is 12.3 Å². The number of carbonyl (C=O) groups excluding carboxylic acids is 1. The molecule has 0 saturated carbocycles. The van der Waals surface area contributed by atoms with Crippen molar-refractivity contribution in [1.29, 1.82) is 5.26 Å². The van der Waals surface area contributed by atoms with Gasteiger partial charge in [-0.2, -0.15) is 0 Å². The predicted molar refractivity (Wildman–Crippen MR) is 27.4 cm³/mol. The van der Waals surface area contributed by atoms with Crippen LogP contribution in [0.25, 0.3) is 0 Å². The number of nitrogens with one attached hydrogen (secondary N) is 1. The molecular formula is C3H5N3O3. The van der Waals surface area contributed by atoms with Crippen LogP contribution < -0.4 is 11.1 Å². The number of nitrogens with zero attached hydrogens (tertiary/aromatic N) is 1. The number of carboxylic acid groups (broad SMARTS) is 1. The second kappa shape index (κ2) is 6.23. The van der Waals surface area contributed by atoms with Crippen molar-refractivity contribution in [2.75, 3.05) is 0 Å². The van der Waals surface area contributed by atoms with Gasteiger partial charge in [0.15, 0.2) is 0 Å². The van der Waals surface area contributed by atoms with Gasteiger partial charge in [-0.15, -0.1) is 0 Å². The van der Waals surface area contributed by atoms with E-state index in [1.165, 1.54) is 5.32 Å². The lowest BCUT2D eigenvalue weighted by Crippen LogP contribution is -2.33. The van der Waals surface area contributed by atoms with Crippen LogP contribution >= 0.6 is 0 Å². The van der Waals surface area contributed by atoms with Gasteiger partial charge in [0.25, 0.3) is 0 Å². The maximum absolute atomic E-state index is 9.54. The summed E-state index contributed by atoms with van der Waals surface area (Å²) < 4.78 is 0. The zero-order valence-electron chi connectivity index (χ0n) is 4.37. The Morgan fingerprint density at radius 3 is 1.89 bits per heavy atom. The maximum atomic E-state index is 9.54. The standard InChI is InChI=1S/C2H4N2O3.CHN/c3-1(5)4-2(6)7;1-2/h(H,6,7)(H3,3,4,5);1H. The first-order chi connectivity index (χ1) is 4.13. The first-order valence-corrected chi connectivity index (χ1v) is 1.68. The monoisotopic (exact) mass is 131 g/mol. The largest absolute Gasteiger partial charge is 0.465 e. The topological polar surface area (TPSA) is 116 Å². The Kier molecular flexibility index (Phi) is 7.10. The summed E-state index contributed by atoms with van der Waals surface area (Å²) in [5.74, 6) is 0. The lowest BCUT2D eigenvalue weighted by molar-refractivity contribution is 0.193. The van der Waals surface area contributed by atoms with Crippen LogP contribution in [0, 0.1) is 11.8 Å². The molecular weight excluding hydrogens is 126 g/mol. The Hall–Kier alpha value is -1.77. The lowest BCUT2D eigenvalue weighted by atomic mass is 11.0. The summed E-state index contributed by atoms with van der Waals surface area (Å²) >= 11 is 0. The van der Waals surface area contributed by atoms with Crippen molar-refractivity contribution < 1.29 is 14.7 Å². The SMILES string of the molecule is C#N.NC(=O)NC(=O)O. The van der Waals surface area contributed by atoms with Gasteiger partial charge in [0.1, 0.15) is 0 Å². The molecule has 6 nitrogen and oxygen atoms in total. The van der Waals surface area contributed by atoms with Crippen LogP contribution in [0.15, 0.2) is 0 Å². The van der Waals surface area contributed by atoms with Gasteiger partial charge in [0.05, 0.1) is 0 Å². The molecule has 0 radical (unpaired) electrons. The molecule has 9 heavy (non-hydrogen) atoms. The van der Waals surface area contributed by atoms with Gasteiger partial charge in [0.2, 0.25) is 0 Å². The van der Waals surface area contributed by atoms with E-state index in [0.717, 1.165) is 0 Å². The number of nitriles is 1. The van der Waals surface area contributed by atoms with E-state index in [1.54, 1.807) is 0 Å². The van der Waals surface area contributed by atoms with E-state index in [0.29, 0.717) is 0 Å². The van der Waals surface area contributed by atoms with Crippen molar-refractivity contribution in [3.63, 3.8) is 0 Å². The fourth-order valence-electron chi connectivity index (χ4n) is 0.105. The molecule has 3 amide bonds. The van der Waals surface area contributed by atoms with Crippen LogP contribution in [0.4, 0.5) is 9.59 Å². The Morgan fingerprint density at radius 2 is 1.89 bits per heavy atom. The van der Waals surface area contributed by atoms with E-state index < -0.39 is 12.1 Å². The molecule has 0 aliphatic heterocycles. The van der Waals surface area contributed by atoms with Crippen LogP contribution in [0.1, 0.15) is 0 Å². The molecule has 0 aromatic rings. The molecule has 0 aromatic carbocycles. The molecule has 0 rings (SSSR count). The third kappa shape index (κ3) is 22.4. The molecule has 0 saturated heterocycles. The van der Waals surface area contributed by atoms with Crippen molar-refractivity contribution in [1.82, 2.24) is 5.32 Å². The Bertz CT molecular complexity index is 118. The molecule has 0 aromatic heterocycles. The molecule has 0 heterocycles. The van der Waals surface area contributed by atoms with Crippen molar-refractivity contribution >= 4 is 12.1 Å². The predicted octanol–water partition coefficient (Wildman–Crippen LogP) is -0.528. The lowest BCUT2D eigenvalue weighted by Gasteiger charge is -1.86. The number of amides is 3. The molecule has 0 fully saturated rings. The average Bonchev–Trinajstić information content (AvgIpc) is 1.68. The minimum atomic E-state index is -1.44. The summed E-state index contributed by atoms with van der Waals surface area (Å²) in [7, 11) is 0. The number of imide groups is 1. The van der Waals surface area contributed by atoms with Crippen molar-refractivity contribution in [3.05, 3.63) is 0 Å². The van der Waals surface area contributed by atoms with Crippen molar-refractivity contribution in [2.24, 2.45) is 5.73 Å². The smallest absolute Gasteiger partial charge is 0.412 e. The third-order valence-corrected chi connectivity index (χ3v) is 0.230. The van der Waals surface area contributed by atoms with Crippen molar-refractivity contribution in [2.45, 2.75) is 0 Å². The highest BCUT2D eigenvalue weighted by molar-refractivity contribution is 5.88. The molecule has 0 aliphatic rings. The van der Waals surface area contributed by atoms with Crippen LogP contribution in [-0.2, 0) is 0 Å². The first-order valence-electron chi connectivity index (χ1n) is 1.68. The Labute approximate surface area is 50.9 Å². The van der Waals surface area contributed by atoms with E-state index in [-0.39, 0.29) is 0 Å². The number of urea groups is 1. The number of nitrogens with two attached hydrogens (primary N) is 1. The van der Waals surface area contributed by atoms with Crippen molar-refractivity contribution in [3.8, 4) is 6.57 Å².